The Morgan fingerprint density at radius 3 is 2.41 bits per heavy atom. The first-order valence-electron chi connectivity index (χ1n) is 13.4. The van der Waals surface area contributed by atoms with Crippen LogP contribution >= 0.6 is 0 Å². The zero-order valence-corrected chi connectivity index (χ0v) is 22.4. The summed E-state index contributed by atoms with van der Waals surface area (Å²) in [5.41, 5.74) is 2.74. The predicted molar refractivity (Wildman–Crippen MR) is 154 cm³/mol. The summed E-state index contributed by atoms with van der Waals surface area (Å²) in [6.07, 6.45) is 9.54. The molecule has 2 aliphatic rings. The normalized spacial score (nSPS) is 16.6. The number of pyridine rings is 3. The van der Waals surface area contributed by atoms with Crippen molar-refractivity contribution < 1.29 is 4.74 Å². The number of anilines is 6. The summed E-state index contributed by atoms with van der Waals surface area (Å²) < 4.78 is 5.58. The van der Waals surface area contributed by atoms with Gasteiger partial charge in [-0.3, -0.25) is 4.98 Å². The topological polar surface area (TPSA) is 107 Å². The molecule has 4 aromatic rings. The van der Waals surface area contributed by atoms with Gasteiger partial charge in [-0.15, -0.1) is 0 Å². The Labute approximate surface area is 228 Å². The molecule has 0 unspecified atom stereocenters. The van der Waals surface area contributed by atoms with Crippen molar-refractivity contribution in [1.82, 2.24) is 29.8 Å². The lowest BCUT2D eigenvalue weighted by atomic mass is 10.0. The molecule has 4 aromatic heterocycles. The quantitative estimate of drug-likeness (QED) is 0.368. The molecule has 39 heavy (non-hydrogen) atoms. The van der Waals surface area contributed by atoms with E-state index in [-0.39, 0.29) is 0 Å². The molecule has 11 nitrogen and oxygen atoms in total. The molecule has 0 radical (unpaired) electrons. The van der Waals surface area contributed by atoms with E-state index >= 15 is 0 Å². The summed E-state index contributed by atoms with van der Waals surface area (Å²) in [5.74, 6) is 2.80. The average molecular weight is 527 g/mol. The first kappa shape index (κ1) is 25.2. The molecule has 0 aromatic carbocycles. The minimum Gasteiger partial charge on any atom is -0.378 e. The molecule has 2 saturated heterocycles. The monoisotopic (exact) mass is 526 g/mol. The zero-order valence-electron chi connectivity index (χ0n) is 22.4. The van der Waals surface area contributed by atoms with Crippen molar-refractivity contribution in [2.45, 2.75) is 18.9 Å². The van der Waals surface area contributed by atoms with E-state index < -0.39 is 0 Å². The van der Waals surface area contributed by atoms with E-state index in [1.165, 1.54) is 12.8 Å². The van der Waals surface area contributed by atoms with Gasteiger partial charge in [-0.05, 0) is 57.3 Å². The van der Waals surface area contributed by atoms with Gasteiger partial charge in [-0.2, -0.15) is 4.98 Å². The van der Waals surface area contributed by atoms with Crippen LogP contribution in [-0.4, -0.2) is 89.3 Å². The second-order valence-corrected chi connectivity index (χ2v) is 10.1. The van der Waals surface area contributed by atoms with Gasteiger partial charge in [0.05, 0.1) is 48.7 Å². The number of hydrogen-bond donors (Lipinski definition) is 2. The third-order valence-electron chi connectivity index (χ3n) is 7.35. The Balaban J connectivity index is 1.23. The van der Waals surface area contributed by atoms with Gasteiger partial charge in [0.25, 0.3) is 0 Å². The molecule has 2 fully saturated rings. The second kappa shape index (κ2) is 11.3. The third kappa shape index (κ3) is 5.84. The van der Waals surface area contributed by atoms with Crippen LogP contribution in [0, 0.1) is 0 Å². The number of nitrogens with zero attached hydrogens (tertiary/aromatic N) is 8. The number of piperidine rings is 1. The maximum Gasteiger partial charge on any atom is 0.229 e. The standard InChI is InChI=1S/C28H34N10O/c1-36(2)21-7-10-37(11-8-21)22-5-6-25(30-18-22)34-26-16-23-24(19-31-26)33-28(32-20-4-3-9-29-17-20)35-27(23)38-12-14-39-15-13-38/h3-6,9,16-19,21H,7-8,10-15H2,1-2H3,(H,30,31,34)(H,32,33,35). The van der Waals surface area contributed by atoms with E-state index in [0.29, 0.717) is 31.0 Å². The molecule has 0 atom stereocenters. The Bertz CT molecular complexity index is 1390. The van der Waals surface area contributed by atoms with E-state index in [1.807, 2.05) is 30.5 Å². The van der Waals surface area contributed by atoms with Crippen molar-refractivity contribution in [2.75, 3.05) is 73.9 Å². The van der Waals surface area contributed by atoms with E-state index in [2.05, 4.69) is 60.4 Å². The predicted octanol–water partition coefficient (Wildman–Crippen LogP) is 3.67. The van der Waals surface area contributed by atoms with Crippen molar-refractivity contribution in [3.05, 3.63) is 55.1 Å². The maximum atomic E-state index is 5.58. The number of fused-ring (bicyclic) bond motifs is 1. The van der Waals surface area contributed by atoms with Gasteiger partial charge in [-0.25, -0.2) is 15.0 Å². The van der Waals surface area contributed by atoms with E-state index in [1.54, 1.807) is 18.6 Å². The summed E-state index contributed by atoms with van der Waals surface area (Å²) >= 11 is 0. The Hall–Kier alpha value is -4.09. The van der Waals surface area contributed by atoms with Crippen LogP contribution in [-0.2, 0) is 4.74 Å². The summed E-state index contributed by atoms with van der Waals surface area (Å²) in [7, 11) is 4.33. The van der Waals surface area contributed by atoms with Crippen molar-refractivity contribution in [1.29, 1.82) is 0 Å². The number of rotatable bonds is 7. The van der Waals surface area contributed by atoms with Crippen LogP contribution < -0.4 is 20.4 Å². The first-order valence-corrected chi connectivity index (χ1v) is 13.4. The van der Waals surface area contributed by atoms with Gasteiger partial charge < -0.3 is 30.1 Å². The number of nitrogens with one attached hydrogen (secondary N) is 2. The van der Waals surface area contributed by atoms with E-state index in [4.69, 9.17) is 14.7 Å². The highest BCUT2D eigenvalue weighted by Gasteiger charge is 2.21. The first-order chi connectivity index (χ1) is 19.1. The lowest BCUT2D eigenvalue weighted by Crippen LogP contribution is -2.42. The molecule has 0 amide bonds. The zero-order chi connectivity index (χ0) is 26.6. The van der Waals surface area contributed by atoms with Crippen molar-refractivity contribution in [3.63, 3.8) is 0 Å². The summed E-state index contributed by atoms with van der Waals surface area (Å²) in [6.45, 7) is 4.94. The van der Waals surface area contributed by atoms with Gasteiger partial charge in [-0.1, -0.05) is 0 Å². The highest BCUT2D eigenvalue weighted by atomic mass is 16.5. The maximum absolute atomic E-state index is 5.58. The van der Waals surface area contributed by atoms with Crippen molar-refractivity contribution in [3.8, 4) is 0 Å². The lowest BCUT2D eigenvalue weighted by Gasteiger charge is -2.36. The molecular formula is C28H34N10O. The van der Waals surface area contributed by atoms with Crippen LogP contribution in [0.25, 0.3) is 10.9 Å². The molecule has 6 heterocycles. The summed E-state index contributed by atoms with van der Waals surface area (Å²) in [4.78, 5) is 30.1. The molecular weight excluding hydrogens is 492 g/mol. The smallest absolute Gasteiger partial charge is 0.229 e. The highest BCUT2D eigenvalue weighted by Crippen LogP contribution is 2.30. The van der Waals surface area contributed by atoms with Crippen LogP contribution in [0.3, 0.4) is 0 Å². The van der Waals surface area contributed by atoms with Crippen LogP contribution in [0.1, 0.15) is 12.8 Å². The van der Waals surface area contributed by atoms with Gasteiger partial charge in [0, 0.05) is 43.8 Å². The number of hydrogen-bond acceptors (Lipinski definition) is 11. The number of morpholine rings is 1. The fourth-order valence-electron chi connectivity index (χ4n) is 5.14. The average Bonchev–Trinajstić information content (AvgIpc) is 2.98. The van der Waals surface area contributed by atoms with Crippen LogP contribution in [0.5, 0.6) is 0 Å². The molecule has 0 bridgehead atoms. The molecule has 2 N–H and O–H groups in total. The highest BCUT2D eigenvalue weighted by molar-refractivity contribution is 5.92. The summed E-state index contributed by atoms with van der Waals surface area (Å²) in [6, 6.07) is 10.6. The molecule has 0 saturated carbocycles. The molecule has 11 heteroatoms. The van der Waals surface area contributed by atoms with Gasteiger partial charge >= 0.3 is 0 Å². The minimum atomic E-state index is 0.506. The fraction of sp³-hybridized carbons (Fsp3) is 0.393. The molecule has 0 aliphatic carbocycles. The largest absolute Gasteiger partial charge is 0.378 e. The molecule has 0 spiro atoms. The van der Waals surface area contributed by atoms with E-state index in [9.17, 15) is 0 Å². The Morgan fingerprint density at radius 1 is 0.872 bits per heavy atom. The van der Waals surface area contributed by atoms with Crippen LogP contribution in [0.15, 0.2) is 55.1 Å². The number of ether oxygens (including phenoxy) is 1. The fourth-order valence-corrected chi connectivity index (χ4v) is 5.14. The van der Waals surface area contributed by atoms with E-state index in [0.717, 1.165) is 60.1 Å². The molecule has 202 valence electrons. The molecule has 6 rings (SSSR count). The van der Waals surface area contributed by atoms with Gasteiger partial charge in [0.1, 0.15) is 17.5 Å². The molecule has 2 aliphatic heterocycles. The van der Waals surface area contributed by atoms with Crippen LogP contribution in [0.4, 0.5) is 34.8 Å². The lowest BCUT2D eigenvalue weighted by molar-refractivity contribution is 0.122. The van der Waals surface area contributed by atoms with Gasteiger partial charge in [0.2, 0.25) is 5.95 Å². The SMILES string of the molecule is CN(C)C1CCN(c2ccc(Nc3cc4c(N5CCOCC5)nc(Nc5cccnc5)nc4cn3)nc2)CC1. The second-order valence-electron chi connectivity index (χ2n) is 10.1. The van der Waals surface area contributed by atoms with Gasteiger partial charge in [0.15, 0.2) is 0 Å². The van der Waals surface area contributed by atoms with Crippen molar-refractivity contribution in [2.24, 2.45) is 0 Å². The summed E-state index contributed by atoms with van der Waals surface area (Å²) in [5, 5.41) is 7.55. The third-order valence-corrected chi connectivity index (χ3v) is 7.35. The number of aromatic nitrogens is 5. The van der Waals surface area contributed by atoms with Crippen molar-refractivity contribution >= 4 is 45.7 Å². The Kier molecular flexibility index (Phi) is 7.33. The van der Waals surface area contributed by atoms with Crippen LogP contribution in [0.2, 0.25) is 0 Å². The minimum absolute atomic E-state index is 0.506. The Morgan fingerprint density at radius 2 is 1.69 bits per heavy atom.